The fourth-order valence-corrected chi connectivity index (χ4v) is 3.83. The minimum Gasteiger partial charge on any atom is -0.467 e. The Morgan fingerprint density at radius 2 is 2.11 bits per heavy atom. The van der Waals surface area contributed by atoms with Crippen molar-refractivity contribution in [1.29, 1.82) is 0 Å². The van der Waals surface area contributed by atoms with Crippen LogP contribution in [0.25, 0.3) is 0 Å². The van der Waals surface area contributed by atoms with E-state index in [4.69, 9.17) is 4.42 Å². The van der Waals surface area contributed by atoms with Gasteiger partial charge in [0.1, 0.15) is 16.6 Å². The summed E-state index contributed by atoms with van der Waals surface area (Å²) in [6, 6.07) is 9.72. The van der Waals surface area contributed by atoms with Gasteiger partial charge in [0.05, 0.1) is 18.7 Å². The van der Waals surface area contributed by atoms with Crippen molar-refractivity contribution in [2.24, 2.45) is 5.92 Å². The monoisotopic (exact) mass is 400 g/mol. The number of furan rings is 1. The maximum absolute atomic E-state index is 13.0. The number of carbonyl (C=O) groups is 2. The van der Waals surface area contributed by atoms with E-state index in [1.807, 2.05) is 0 Å². The Morgan fingerprint density at radius 1 is 1.29 bits per heavy atom. The van der Waals surface area contributed by atoms with Gasteiger partial charge in [-0.2, -0.15) is 0 Å². The summed E-state index contributed by atoms with van der Waals surface area (Å²) in [5.74, 6) is -0.373. The van der Waals surface area contributed by atoms with E-state index in [9.17, 15) is 14.0 Å². The first kappa shape index (κ1) is 18.3. The highest BCUT2D eigenvalue weighted by Crippen LogP contribution is 2.24. The summed E-state index contributed by atoms with van der Waals surface area (Å²) in [5.41, 5.74) is 0.908. The van der Waals surface area contributed by atoms with E-state index in [-0.39, 0.29) is 24.1 Å². The molecule has 0 radical (unpaired) electrons. The molecule has 1 fully saturated rings. The standard InChI is InChI=1S/C19H17FN4O3S/c20-14-5-3-12(4-6-14)8-16-22-23-19(28-16)21-18(26)13-9-17(25)24(10-13)11-15-2-1-7-27-15/h1-7,13H,8-11H2,(H,21,23,26)/t13-/m1/s1. The van der Waals surface area contributed by atoms with Crippen LogP contribution in [0, 0.1) is 11.7 Å². The van der Waals surface area contributed by atoms with Crippen LogP contribution in [0.5, 0.6) is 0 Å². The molecule has 3 heterocycles. The van der Waals surface area contributed by atoms with Gasteiger partial charge in [-0.1, -0.05) is 23.5 Å². The van der Waals surface area contributed by atoms with Gasteiger partial charge in [-0.3, -0.25) is 9.59 Å². The van der Waals surface area contributed by atoms with E-state index in [0.717, 1.165) is 5.56 Å². The number of hydrogen-bond acceptors (Lipinski definition) is 6. The van der Waals surface area contributed by atoms with Crippen LogP contribution in [0.2, 0.25) is 0 Å². The average Bonchev–Trinajstić information content (AvgIpc) is 3.41. The molecule has 0 spiro atoms. The number of carbonyl (C=O) groups excluding carboxylic acids is 2. The van der Waals surface area contributed by atoms with Crippen LogP contribution in [-0.4, -0.2) is 33.5 Å². The van der Waals surface area contributed by atoms with Crippen LogP contribution < -0.4 is 5.32 Å². The highest BCUT2D eigenvalue weighted by atomic mass is 32.1. The Bertz CT molecular complexity index is 971. The van der Waals surface area contributed by atoms with Crippen molar-refractivity contribution in [3.05, 3.63) is 64.8 Å². The lowest BCUT2D eigenvalue weighted by Crippen LogP contribution is -2.27. The van der Waals surface area contributed by atoms with Gasteiger partial charge in [-0.05, 0) is 29.8 Å². The van der Waals surface area contributed by atoms with Crippen molar-refractivity contribution in [3.63, 3.8) is 0 Å². The quantitative estimate of drug-likeness (QED) is 0.687. The number of benzene rings is 1. The maximum atomic E-state index is 13.0. The Balaban J connectivity index is 1.33. The van der Waals surface area contributed by atoms with Crippen molar-refractivity contribution in [2.75, 3.05) is 11.9 Å². The largest absolute Gasteiger partial charge is 0.467 e. The number of anilines is 1. The van der Waals surface area contributed by atoms with Gasteiger partial charge < -0.3 is 14.6 Å². The SMILES string of the molecule is O=C(Nc1nnc(Cc2ccc(F)cc2)s1)[C@@H]1CC(=O)N(Cc2ccco2)C1. The Labute approximate surface area is 164 Å². The van der Waals surface area contributed by atoms with Crippen molar-refractivity contribution in [1.82, 2.24) is 15.1 Å². The number of likely N-dealkylation sites (tertiary alicyclic amines) is 1. The van der Waals surface area contributed by atoms with Gasteiger partial charge in [-0.15, -0.1) is 10.2 Å². The molecule has 3 aromatic rings. The third-order valence-electron chi connectivity index (χ3n) is 4.48. The number of aromatic nitrogens is 2. The zero-order valence-electron chi connectivity index (χ0n) is 14.8. The van der Waals surface area contributed by atoms with E-state index < -0.39 is 5.92 Å². The highest BCUT2D eigenvalue weighted by Gasteiger charge is 2.35. The normalized spacial score (nSPS) is 16.5. The molecule has 144 valence electrons. The first-order valence-corrected chi connectivity index (χ1v) is 9.56. The molecule has 28 heavy (non-hydrogen) atoms. The highest BCUT2D eigenvalue weighted by molar-refractivity contribution is 7.15. The molecule has 0 saturated carbocycles. The van der Waals surface area contributed by atoms with Crippen LogP contribution in [-0.2, 0) is 22.6 Å². The number of halogens is 1. The molecule has 1 saturated heterocycles. The van der Waals surface area contributed by atoms with Crippen LogP contribution in [0.3, 0.4) is 0 Å². The van der Waals surface area contributed by atoms with Gasteiger partial charge in [0.25, 0.3) is 0 Å². The average molecular weight is 400 g/mol. The molecular weight excluding hydrogens is 383 g/mol. The van der Waals surface area contributed by atoms with Crippen molar-refractivity contribution >= 4 is 28.3 Å². The number of amides is 2. The summed E-state index contributed by atoms with van der Waals surface area (Å²) in [4.78, 5) is 26.3. The molecule has 0 unspecified atom stereocenters. The van der Waals surface area contributed by atoms with Crippen LogP contribution in [0.1, 0.15) is 22.8 Å². The first-order chi connectivity index (χ1) is 13.6. The number of nitrogens with zero attached hydrogens (tertiary/aromatic N) is 3. The van der Waals surface area contributed by atoms with Gasteiger partial charge in [0, 0.05) is 19.4 Å². The molecule has 9 heteroatoms. The topological polar surface area (TPSA) is 88.3 Å². The Hall–Kier alpha value is -3.07. The molecule has 0 bridgehead atoms. The lowest BCUT2D eigenvalue weighted by Gasteiger charge is -2.14. The summed E-state index contributed by atoms with van der Waals surface area (Å²) in [6.45, 7) is 0.697. The molecule has 1 aliphatic heterocycles. The number of nitrogens with one attached hydrogen (secondary N) is 1. The Kier molecular flexibility index (Phi) is 5.16. The first-order valence-electron chi connectivity index (χ1n) is 8.74. The van der Waals surface area contributed by atoms with E-state index in [2.05, 4.69) is 15.5 Å². The molecule has 1 aromatic carbocycles. The predicted octanol–water partition coefficient (Wildman–Crippen LogP) is 2.85. The second kappa shape index (κ2) is 7.89. The second-order valence-electron chi connectivity index (χ2n) is 6.55. The zero-order valence-corrected chi connectivity index (χ0v) is 15.6. The summed E-state index contributed by atoms with van der Waals surface area (Å²) >= 11 is 1.26. The van der Waals surface area contributed by atoms with E-state index in [0.29, 0.717) is 35.4 Å². The predicted molar refractivity (Wildman–Crippen MR) is 100.0 cm³/mol. The minimum absolute atomic E-state index is 0.0780. The van der Waals surface area contributed by atoms with Crippen molar-refractivity contribution < 1.29 is 18.4 Å². The molecule has 0 aliphatic carbocycles. The summed E-state index contributed by atoms with van der Waals surface area (Å²) < 4.78 is 18.2. The van der Waals surface area contributed by atoms with E-state index in [1.54, 1.807) is 35.4 Å². The summed E-state index contributed by atoms with van der Waals surface area (Å²) in [6.07, 6.45) is 2.22. The maximum Gasteiger partial charge on any atom is 0.231 e. The molecule has 1 N–H and O–H groups in total. The van der Waals surface area contributed by atoms with Gasteiger partial charge in [-0.25, -0.2) is 4.39 Å². The minimum atomic E-state index is -0.438. The smallest absolute Gasteiger partial charge is 0.231 e. The fourth-order valence-electron chi connectivity index (χ4n) is 3.05. The molecule has 2 amide bonds. The third-order valence-corrected chi connectivity index (χ3v) is 5.32. The van der Waals surface area contributed by atoms with Crippen molar-refractivity contribution in [2.45, 2.75) is 19.4 Å². The molecule has 1 atom stereocenters. The zero-order chi connectivity index (χ0) is 19.5. The lowest BCUT2D eigenvalue weighted by molar-refractivity contribution is -0.128. The molecule has 1 aliphatic rings. The Morgan fingerprint density at radius 3 is 2.86 bits per heavy atom. The lowest BCUT2D eigenvalue weighted by atomic mass is 10.1. The van der Waals surface area contributed by atoms with Crippen molar-refractivity contribution in [3.8, 4) is 0 Å². The van der Waals surface area contributed by atoms with E-state index >= 15 is 0 Å². The van der Waals surface area contributed by atoms with Crippen LogP contribution in [0.4, 0.5) is 9.52 Å². The molecule has 4 rings (SSSR count). The van der Waals surface area contributed by atoms with Gasteiger partial charge in [0.2, 0.25) is 16.9 Å². The number of rotatable bonds is 6. The van der Waals surface area contributed by atoms with Gasteiger partial charge >= 0.3 is 0 Å². The van der Waals surface area contributed by atoms with Crippen LogP contribution >= 0.6 is 11.3 Å². The fraction of sp³-hybridized carbons (Fsp3) is 0.263. The second-order valence-corrected chi connectivity index (χ2v) is 7.61. The van der Waals surface area contributed by atoms with Gasteiger partial charge in [0.15, 0.2) is 0 Å². The summed E-state index contributed by atoms with van der Waals surface area (Å²) in [7, 11) is 0. The van der Waals surface area contributed by atoms with Crippen LogP contribution in [0.15, 0.2) is 47.1 Å². The molecular formula is C19H17FN4O3S. The number of hydrogen-bond donors (Lipinski definition) is 1. The van der Waals surface area contributed by atoms with E-state index in [1.165, 1.54) is 23.5 Å². The third kappa shape index (κ3) is 4.25. The molecule has 7 nitrogen and oxygen atoms in total. The molecule has 2 aromatic heterocycles. The summed E-state index contributed by atoms with van der Waals surface area (Å²) in [5, 5.41) is 11.9.